The topological polar surface area (TPSA) is 12.5 Å². The van der Waals surface area contributed by atoms with Crippen molar-refractivity contribution in [1.29, 1.82) is 0 Å². The molecule has 0 unspecified atom stereocenters. The van der Waals surface area contributed by atoms with E-state index in [-0.39, 0.29) is 0 Å². The van der Waals surface area contributed by atoms with Gasteiger partial charge >= 0.3 is 0 Å². The van der Waals surface area contributed by atoms with Gasteiger partial charge < -0.3 is 4.74 Å². The molecule has 0 aromatic rings. The van der Waals surface area contributed by atoms with E-state index >= 15 is 0 Å². The third-order valence-electron chi connectivity index (χ3n) is 2.11. The number of ether oxygens (including phenoxy) is 1. The Bertz CT molecular complexity index is 104. The quantitative estimate of drug-likeness (QED) is 0.479. The van der Waals surface area contributed by atoms with Gasteiger partial charge in [0.15, 0.2) is 0 Å². The number of hydrogen-bond donors (Lipinski definition) is 0. The van der Waals surface area contributed by atoms with E-state index in [1.807, 2.05) is 0 Å². The predicted molar refractivity (Wildman–Crippen MR) is 46.9 cm³/mol. The molecule has 11 heavy (non-hydrogen) atoms. The highest BCUT2D eigenvalue weighted by molar-refractivity contribution is 6.17. The highest BCUT2D eigenvalue weighted by Gasteiger charge is 2.14. The van der Waals surface area contributed by atoms with Crippen molar-refractivity contribution in [3.8, 4) is 0 Å². The predicted octanol–water partition coefficient (Wildman–Crippen LogP) is 1.54. The van der Waals surface area contributed by atoms with Crippen molar-refractivity contribution in [3.63, 3.8) is 0 Å². The fourth-order valence-electron chi connectivity index (χ4n) is 1.42. The molecule has 1 saturated heterocycles. The summed E-state index contributed by atoms with van der Waals surface area (Å²) in [5.74, 6) is 0.799. The standard InChI is InChI=1S/C8H16ClNO/c1-10(7-9)6-8-2-4-11-5-3-8/h8H,2-7H2,1H3. The first-order valence-electron chi connectivity index (χ1n) is 4.15. The third-order valence-corrected chi connectivity index (χ3v) is 2.52. The molecule has 0 aromatic heterocycles. The minimum Gasteiger partial charge on any atom is -0.381 e. The molecule has 0 radical (unpaired) electrons. The van der Waals surface area contributed by atoms with E-state index in [2.05, 4.69) is 11.9 Å². The molecule has 1 rings (SSSR count). The van der Waals surface area contributed by atoms with Gasteiger partial charge in [0.05, 0.1) is 6.00 Å². The lowest BCUT2D eigenvalue weighted by atomic mass is 10.0. The highest BCUT2D eigenvalue weighted by atomic mass is 35.5. The fourth-order valence-corrected chi connectivity index (χ4v) is 1.52. The van der Waals surface area contributed by atoms with Gasteiger partial charge in [-0.05, 0) is 25.8 Å². The molecule has 0 aromatic carbocycles. The average Bonchev–Trinajstić information content (AvgIpc) is 2.06. The minimum atomic E-state index is 0.636. The number of halogens is 1. The average molecular weight is 178 g/mol. The Kier molecular flexibility index (Phi) is 4.20. The summed E-state index contributed by atoms with van der Waals surface area (Å²) in [5, 5.41) is 0. The fraction of sp³-hybridized carbons (Fsp3) is 1.00. The van der Waals surface area contributed by atoms with Gasteiger partial charge in [0, 0.05) is 19.8 Å². The van der Waals surface area contributed by atoms with E-state index in [1.165, 1.54) is 12.8 Å². The lowest BCUT2D eigenvalue weighted by Crippen LogP contribution is -2.28. The van der Waals surface area contributed by atoms with Crippen LogP contribution >= 0.6 is 11.6 Å². The Morgan fingerprint density at radius 3 is 2.64 bits per heavy atom. The summed E-state index contributed by atoms with van der Waals surface area (Å²) in [7, 11) is 2.06. The molecule has 0 N–H and O–H groups in total. The van der Waals surface area contributed by atoms with Crippen LogP contribution in [0, 0.1) is 5.92 Å². The van der Waals surface area contributed by atoms with Crippen molar-refractivity contribution in [3.05, 3.63) is 0 Å². The van der Waals surface area contributed by atoms with Crippen LogP contribution in [0.3, 0.4) is 0 Å². The summed E-state index contributed by atoms with van der Waals surface area (Å²) in [4.78, 5) is 2.15. The van der Waals surface area contributed by atoms with Crippen molar-refractivity contribution in [2.45, 2.75) is 12.8 Å². The van der Waals surface area contributed by atoms with Gasteiger partial charge in [-0.25, -0.2) is 0 Å². The van der Waals surface area contributed by atoms with Gasteiger partial charge in [0.2, 0.25) is 0 Å². The van der Waals surface area contributed by atoms with E-state index in [4.69, 9.17) is 16.3 Å². The zero-order chi connectivity index (χ0) is 8.10. The van der Waals surface area contributed by atoms with Crippen LogP contribution in [0.2, 0.25) is 0 Å². The first-order valence-corrected chi connectivity index (χ1v) is 4.68. The molecule has 1 aliphatic heterocycles. The van der Waals surface area contributed by atoms with E-state index in [1.54, 1.807) is 0 Å². The maximum Gasteiger partial charge on any atom is 0.0736 e. The second-order valence-electron chi connectivity index (χ2n) is 3.21. The smallest absolute Gasteiger partial charge is 0.0736 e. The summed E-state index contributed by atoms with van der Waals surface area (Å²) in [6, 6.07) is 0.636. The van der Waals surface area contributed by atoms with Crippen LogP contribution in [0.4, 0.5) is 0 Å². The maximum atomic E-state index is 5.67. The molecule has 0 amide bonds. The lowest BCUT2D eigenvalue weighted by molar-refractivity contribution is 0.0575. The molecule has 1 heterocycles. The van der Waals surface area contributed by atoms with Crippen LogP contribution in [-0.2, 0) is 4.74 Å². The van der Waals surface area contributed by atoms with Gasteiger partial charge in [-0.15, -0.1) is 11.6 Å². The Balaban J connectivity index is 2.13. The van der Waals surface area contributed by atoms with Gasteiger partial charge in [-0.2, -0.15) is 0 Å². The summed E-state index contributed by atoms with van der Waals surface area (Å²) in [6.45, 7) is 2.98. The molecule has 0 aliphatic carbocycles. The molecule has 3 heteroatoms. The molecule has 1 aliphatic rings. The van der Waals surface area contributed by atoms with Gasteiger partial charge in [0.25, 0.3) is 0 Å². The van der Waals surface area contributed by atoms with Gasteiger partial charge in [-0.1, -0.05) is 0 Å². The van der Waals surface area contributed by atoms with E-state index < -0.39 is 0 Å². The molecule has 0 spiro atoms. The van der Waals surface area contributed by atoms with E-state index in [0.717, 1.165) is 25.7 Å². The van der Waals surface area contributed by atoms with Crippen molar-refractivity contribution >= 4 is 11.6 Å². The Hall–Kier alpha value is 0.210. The van der Waals surface area contributed by atoms with Gasteiger partial charge in [-0.3, -0.25) is 4.90 Å². The molecule has 66 valence electrons. The van der Waals surface area contributed by atoms with Crippen LogP contribution in [0.5, 0.6) is 0 Å². The summed E-state index contributed by atoms with van der Waals surface area (Å²) < 4.78 is 5.26. The summed E-state index contributed by atoms with van der Waals surface area (Å²) >= 11 is 5.67. The van der Waals surface area contributed by atoms with E-state index in [9.17, 15) is 0 Å². The zero-order valence-electron chi connectivity index (χ0n) is 7.05. The molecule has 1 fully saturated rings. The van der Waals surface area contributed by atoms with Crippen molar-refractivity contribution < 1.29 is 4.74 Å². The van der Waals surface area contributed by atoms with Crippen LogP contribution in [-0.4, -0.2) is 37.7 Å². The molecular weight excluding hydrogens is 162 g/mol. The Morgan fingerprint density at radius 1 is 1.45 bits per heavy atom. The minimum absolute atomic E-state index is 0.636. The third kappa shape index (κ3) is 3.41. The maximum absolute atomic E-state index is 5.67. The van der Waals surface area contributed by atoms with Crippen molar-refractivity contribution in [2.75, 3.05) is 32.8 Å². The number of alkyl halides is 1. The van der Waals surface area contributed by atoms with Gasteiger partial charge in [0.1, 0.15) is 0 Å². The van der Waals surface area contributed by atoms with Crippen LogP contribution < -0.4 is 0 Å². The molecule has 2 nitrogen and oxygen atoms in total. The lowest BCUT2D eigenvalue weighted by Gasteiger charge is -2.25. The second kappa shape index (κ2) is 4.96. The number of hydrogen-bond acceptors (Lipinski definition) is 2. The molecule has 0 bridgehead atoms. The number of nitrogens with zero attached hydrogens (tertiary/aromatic N) is 1. The normalized spacial score (nSPS) is 21.0. The molecule has 0 saturated carbocycles. The van der Waals surface area contributed by atoms with Crippen LogP contribution in [0.15, 0.2) is 0 Å². The Morgan fingerprint density at radius 2 is 2.09 bits per heavy atom. The van der Waals surface area contributed by atoms with Crippen LogP contribution in [0.25, 0.3) is 0 Å². The Labute approximate surface area is 73.5 Å². The van der Waals surface area contributed by atoms with Crippen molar-refractivity contribution in [2.24, 2.45) is 5.92 Å². The largest absolute Gasteiger partial charge is 0.381 e. The summed E-state index contributed by atoms with van der Waals surface area (Å²) in [6.07, 6.45) is 2.39. The molecule has 0 atom stereocenters. The van der Waals surface area contributed by atoms with E-state index in [0.29, 0.717) is 6.00 Å². The summed E-state index contributed by atoms with van der Waals surface area (Å²) in [5.41, 5.74) is 0. The monoisotopic (exact) mass is 177 g/mol. The van der Waals surface area contributed by atoms with Crippen LogP contribution in [0.1, 0.15) is 12.8 Å². The number of rotatable bonds is 3. The zero-order valence-corrected chi connectivity index (χ0v) is 7.81. The first kappa shape index (κ1) is 9.30. The second-order valence-corrected chi connectivity index (χ2v) is 3.45. The first-order chi connectivity index (χ1) is 5.33. The van der Waals surface area contributed by atoms with Crippen molar-refractivity contribution in [1.82, 2.24) is 4.90 Å². The molecular formula is C8H16ClNO. The SMILES string of the molecule is CN(CCl)CC1CCOCC1. The highest BCUT2D eigenvalue weighted by Crippen LogP contribution is 2.15.